The van der Waals surface area contributed by atoms with Crippen LogP contribution in [0.3, 0.4) is 0 Å². The predicted molar refractivity (Wildman–Crippen MR) is 102 cm³/mol. The number of hydrogen-bond donors (Lipinski definition) is 1. The van der Waals surface area contributed by atoms with E-state index in [0.717, 1.165) is 0 Å². The first-order valence-corrected chi connectivity index (χ1v) is 10.3. The largest absolute Gasteiger partial charge is 0.465 e. The van der Waals surface area contributed by atoms with Crippen LogP contribution in [-0.2, 0) is 36.3 Å². The van der Waals surface area contributed by atoms with Crippen LogP contribution >= 0.6 is 11.6 Å². The average molecular weight is 424 g/mol. The van der Waals surface area contributed by atoms with E-state index in [1.54, 1.807) is 43.3 Å². The van der Waals surface area contributed by atoms with Gasteiger partial charge in [-0.2, -0.15) is 4.72 Å². The number of carbonyl (C=O) groups excluding carboxylic acids is 2. The molecule has 1 heterocycles. The number of nitrogens with one attached hydrogen (secondary N) is 1. The second kappa shape index (κ2) is 7.54. The van der Waals surface area contributed by atoms with Gasteiger partial charge in [0.25, 0.3) is 0 Å². The third kappa shape index (κ3) is 3.39. The molecule has 2 aromatic rings. The van der Waals surface area contributed by atoms with Crippen LogP contribution in [0.2, 0.25) is 5.02 Å². The fourth-order valence-electron chi connectivity index (χ4n) is 3.25. The Kier molecular flexibility index (Phi) is 5.47. The third-order valence-corrected chi connectivity index (χ3v) is 6.49. The highest BCUT2D eigenvalue weighted by Gasteiger charge is 2.54. The molecule has 0 radical (unpaired) electrons. The maximum Gasteiger partial charge on any atom is 0.337 e. The van der Waals surface area contributed by atoms with E-state index in [-0.39, 0.29) is 28.5 Å². The Labute approximate surface area is 167 Å². The molecule has 0 fully saturated rings. The summed E-state index contributed by atoms with van der Waals surface area (Å²) >= 11 is 6.12. The maximum absolute atomic E-state index is 12.9. The van der Waals surface area contributed by atoms with Gasteiger partial charge in [-0.1, -0.05) is 35.9 Å². The molecule has 7 nitrogen and oxygen atoms in total. The summed E-state index contributed by atoms with van der Waals surface area (Å²) < 4.78 is 37.7. The Morgan fingerprint density at radius 2 is 1.82 bits per heavy atom. The smallest absolute Gasteiger partial charge is 0.337 e. The van der Waals surface area contributed by atoms with Gasteiger partial charge in [-0.05, 0) is 30.7 Å². The molecule has 1 aliphatic rings. The molecule has 9 heteroatoms. The van der Waals surface area contributed by atoms with Gasteiger partial charge >= 0.3 is 11.9 Å². The molecule has 3 rings (SSSR count). The first kappa shape index (κ1) is 20.3. The molecule has 148 valence electrons. The zero-order chi connectivity index (χ0) is 20.5. The molecular weight excluding hydrogens is 406 g/mol. The molecule has 1 aliphatic heterocycles. The van der Waals surface area contributed by atoms with Crippen molar-refractivity contribution in [3.8, 4) is 0 Å². The summed E-state index contributed by atoms with van der Waals surface area (Å²) in [5.74, 6) is -1.22. The van der Waals surface area contributed by atoms with Crippen LogP contribution in [0, 0.1) is 0 Å². The number of sulfonamides is 1. The molecule has 2 aromatic carbocycles. The lowest BCUT2D eigenvalue weighted by Gasteiger charge is -2.27. The summed E-state index contributed by atoms with van der Waals surface area (Å²) in [7, 11) is -2.73. The van der Waals surface area contributed by atoms with E-state index in [0.29, 0.717) is 11.1 Å². The van der Waals surface area contributed by atoms with Gasteiger partial charge in [0.1, 0.15) is 4.90 Å². The average Bonchev–Trinajstić information content (AvgIpc) is 2.90. The lowest BCUT2D eigenvalue weighted by atomic mass is 9.84. The number of esters is 2. The van der Waals surface area contributed by atoms with E-state index in [2.05, 4.69) is 9.46 Å². The number of hydrogen-bond acceptors (Lipinski definition) is 6. The minimum atomic E-state index is -4.01. The van der Waals surface area contributed by atoms with E-state index in [1.165, 1.54) is 13.2 Å². The van der Waals surface area contributed by atoms with Crippen molar-refractivity contribution >= 4 is 33.6 Å². The van der Waals surface area contributed by atoms with Gasteiger partial charge in [0.2, 0.25) is 10.0 Å². The van der Waals surface area contributed by atoms with Crippen molar-refractivity contribution in [3.05, 3.63) is 64.2 Å². The van der Waals surface area contributed by atoms with E-state index in [4.69, 9.17) is 16.3 Å². The summed E-state index contributed by atoms with van der Waals surface area (Å²) in [5.41, 5.74) is -0.458. The fourth-order valence-corrected chi connectivity index (χ4v) is 5.41. The lowest BCUT2D eigenvalue weighted by Crippen LogP contribution is -2.49. The minimum Gasteiger partial charge on any atom is -0.465 e. The van der Waals surface area contributed by atoms with E-state index < -0.39 is 27.5 Å². The summed E-state index contributed by atoms with van der Waals surface area (Å²) in [4.78, 5) is 24.4. The SMILES string of the molecule is CCOC(=O)[C@]1(Cc2ccc(C(=O)OC)cc2)NS(=O)(=O)c2c(Cl)cccc21. The fraction of sp³-hybridized carbons (Fsp3) is 0.263. The predicted octanol–water partition coefficient (Wildman–Crippen LogP) is 2.42. The van der Waals surface area contributed by atoms with Crippen molar-refractivity contribution in [2.45, 2.75) is 23.8 Å². The van der Waals surface area contributed by atoms with E-state index in [9.17, 15) is 18.0 Å². The molecule has 1 N–H and O–H groups in total. The van der Waals surface area contributed by atoms with Crippen LogP contribution in [0.4, 0.5) is 0 Å². The summed E-state index contributed by atoms with van der Waals surface area (Å²) in [6.45, 7) is 1.72. The molecule has 0 spiro atoms. The molecular formula is C19H18ClNO6S. The van der Waals surface area contributed by atoms with Crippen LogP contribution in [0.15, 0.2) is 47.4 Å². The van der Waals surface area contributed by atoms with Gasteiger partial charge in [-0.3, -0.25) is 0 Å². The number of fused-ring (bicyclic) bond motifs is 1. The van der Waals surface area contributed by atoms with Crippen molar-refractivity contribution in [1.82, 2.24) is 4.72 Å². The van der Waals surface area contributed by atoms with Crippen molar-refractivity contribution in [2.24, 2.45) is 0 Å². The number of carbonyl (C=O) groups is 2. The first-order chi connectivity index (χ1) is 13.2. The van der Waals surface area contributed by atoms with Gasteiger partial charge in [0.05, 0.1) is 24.3 Å². The van der Waals surface area contributed by atoms with Gasteiger partial charge in [-0.25, -0.2) is 18.0 Å². The van der Waals surface area contributed by atoms with Crippen molar-refractivity contribution in [2.75, 3.05) is 13.7 Å². The Hall–Kier alpha value is -2.42. The molecule has 0 bridgehead atoms. The molecule has 0 aliphatic carbocycles. The Bertz CT molecular complexity index is 1030. The van der Waals surface area contributed by atoms with Gasteiger partial charge in [0.15, 0.2) is 5.54 Å². The van der Waals surface area contributed by atoms with Crippen molar-refractivity contribution < 1.29 is 27.5 Å². The highest BCUT2D eigenvalue weighted by Crippen LogP contribution is 2.42. The van der Waals surface area contributed by atoms with Crippen LogP contribution < -0.4 is 4.72 Å². The van der Waals surface area contributed by atoms with Crippen molar-refractivity contribution in [3.63, 3.8) is 0 Å². The Morgan fingerprint density at radius 1 is 1.14 bits per heavy atom. The lowest BCUT2D eigenvalue weighted by molar-refractivity contribution is -0.150. The molecule has 0 aromatic heterocycles. The number of rotatable bonds is 5. The van der Waals surface area contributed by atoms with Crippen LogP contribution in [0.5, 0.6) is 0 Å². The number of halogens is 1. The van der Waals surface area contributed by atoms with Crippen LogP contribution in [-0.4, -0.2) is 34.1 Å². The van der Waals surface area contributed by atoms with Gasteiger partial charge in [-0.15, -0.1) is 0 Å². The number of ether oxygens (including phenoxy) is 2. The van der Waals surface area contributed by atoms with Crippen LogP contribution in [0.1, 0.15) is 28.4 Å². The van der Waals surface area contributed by atoms with Crippen LogP contribution in [0.25, 0.3) is 0 Å². The number of methoxy groups -OCH3 is 1. The maximum atomic E-state index is 12.9. The standard InChI is InChI=1S/C19H18ClNO6S/c1-3-27-18(23)19(11-12-7-9-13(10-8-12)17(22)26-2)14-5-4-6-15(20)16(14)28(24,25)21-19/h4-10,21H,3,11H2,1-2H3/t19-/m1/s1. The molecule has 1 atom stereocenters. The summed E-state index contributed by atoms with van der Waals surface area (Å²) in [5, 5.41) is 0.0252. The zero-order valence-electron chi connectivity index (χ0n) is 15.2. The third-order valence-electron chi connectivity index (χ3n) is 4.47. The second-order valence-corrected chi connectivity index (χ2v) is 8.24. The van der Waals surface area contributed by atoms with Crippen molar-refractivity contribution in [1.29, 1.82) is 0 Å². The first-order valence-electron chi connectivity index (χ1n) is 8.42. The summed E-state index contributed by atoms with van der Waals surface area (Å²) in [6, 6.07) is 10.9. The van der Waals surface area contributed by atoms with E-state index in [1.807, 2.05) is 0 Å². The second-order valence-electron chi connectivity index (χ2n) is 6.21. The highest BCUT2D eigenvalue weighted by molar-refractivity contribution is 7.90. The van der Waals surface area contributed by atoms with Gasteiger partial charge < -0.3 is 9.47 Å². The molecule has 0 amide bonds. The number of benzene rings is 2. The Balaban J connectivity index is 2.11. The zero-order valence-corrected chi connectivity index (χ0v) is 16.8. The molecule has 0 saturated carbocycles. The molecule has 0 unspecified atom stereocenters. The highest BCUT2D eigenvalue weighted by atomic mass is 35.5. The summed E-state index contributed by atoms with van der Waals surface area (Å²) in [6.07, 6.45) is -0.0140. The molecule has 0 saturated heterocycles. The quantitative estimate of drug-likeness (QED) is 0.741. The topological polar surface area (TPSA) is 98.8 Å². The molecule has 28 heavy (non-hydrogen) atoms. The van der Waals surface area contributed by atoms with E-state index >= 15 is 0 Å². The monoisotopic (exact) mass is 423 g/mol. The van der Waals surface area contributed by atoms with Gasteiger partial charge in [0, 0.05) is 12.0 Å². The normalized spacial score (nSPS) is 19.7. The minimum absolute atomic E-state index is 0.0140. The Morgan fingerprint density at radius 3 is 2.43 bits per heavy atom.